The van der Waals surface area contributed by atoms with Gasteiger partial charge in [0.25, 0.3) is 5.91 Å². The Morgan fingerprint density at radius 1 is 1.30 bits per heavy atom. The zero-order chi connectivity index (χ0) is 19.1. The van der Waals surface area contributed by atoms with Gasteiger partial charge in [-0.25, -0.2) is 4.52 Å². The number of hydrogen-bond donors (Lipinski definition) is 1. The maximum absolute atomic E-state index is 12.1. The van der Waals surface area contributed by atoms with E-state index >= 15 is 0 Å². The summed E-state index contributed by atoms with van der Waals surface area (Å²) in [6.45, 7) is 3.60. The van der Waals surface area contributed by atoms with Crippen LogP contribution in [0.1, 0.15) is 32.0 Å². The van der Waals surface area contributed by atoms with Crippen LogP contribution in [0.2, 0.25) is 0 Å². The third-order valence-electron chi connectivity index (χ3n) is 4.58. The van der Waals surface area contributed by atoms with E-state index in [9.17, 15) is 9.59 Å². The van der Waals surface area contributed by atoms with Crippen molar-refractivity contribution in [3.05, 3.63) is 59.1 Å². The Morgan fingerprint density at radius 2 is 2.11 bits per heavy atom. The molecular formula is C20H17N3O4. The van der Waals surface area contributed by atoms with Crippen molar-refractivity contribution >= 4 is 28.7 Å². The molecule has 0 aliphatic heterocycles. The maximum Gasteiger partial charge on any atom is 0.255 e. The number of nitrogens with zero attached hydrogens (tertiary/aromatic N) is 2. The van der Waals surface area contributed by atoms with Crippen LogP contribution in [0, 0.1) is 13.8 Å². The number of rotatable bonds is 4. The molecule has 3 aromatic heterocycles. The summed E-state index contributed by atoms with van der Waals surface area (Å²) in [4.78, 5) is 23.3. The minimum atomic E-state index is -0.194. The van der Waals surface area contributed by atoms with Gasteiger partial charge in [-0.3, -0.25) is 9.59 Å². The van der Waals surface area contributed by atoms with Crippen molar-refractivity contribution in [2.75, 3.05) is 7.05 Å². The van der Waals surface area contributed by atoms with E-state index in [1.54, 1.807) is 55.1 Å². The SMILES string of the molecule is CNC(=O)c1c(C)oc2cc(Oc3ccnn4cc(C=O)c(C)c34)ccc12. The van der Waals surface area contributed by atoms with Crippen molar-refractivity contribution in [1.29, 1.82) is 0 Å². The Hall–Kier alpha value is -3.61. The Bertz CT molecular complexity index is 1200. The average molecular weight is 363 g/mol. The fourth-order valence-corrected chi connectivity index (χ4v) is 3.24. The van der Waals surface area contributed by atoms with E-state index in [2.05, 4.69) is 10.4 Å². The van der Waals surface area contributed by atoms with Crippen LogP contribution >= 0.6 is 0 Å². The van der Waals surface area contributed by atoms with Crippen LogP contribution in [0.15, 0.2) is 41.1 Å². The predicted molar refractivity (Wildman–Crippen MR) is 99.7 cm³/mol. The zero-order valence-electron chi connectivity index (χ0n) is 15.1. The molecule has 0 aliphatic carbocycles. The number of carbonyl (C=O) groups excluding carboxylic acids is 2. The Balaban J connectivity index is 1.78. The fourth-order valence-electron chi connectivity index (χ4n) is 3.24. The van der Waals surface area contributed by atoms with Crippen molar-refractivity contribution in [2.45, 2.75) is 13.8 Å². The van der Waals surface area contributed by atoms with Crippen molar-refractivity contribution < 1.29 is 18.7 Å². The van der Waals surface area contributed by atoms with Crippen LogP contribution in [0.4, 0.5) is 0 Å². The lowest BCUT2D eigenvalue weighted by Crippen LogP contribution is -2.18. The molecule has 0 saturated heterocycles. The molecule has 0 bridgehead atoms. The van der Waals surface area contributed by atoms with Crippen molar-refractivity contribution in [1.82, 2.24) is 14.9 Å². The van der Waals surface area contributed by atoms with Crippen molar-refractivity contribution in [3.8, 4) is 11.5 Å². The van der Waals surface area contributed by atoms with Gasteiger partial charge in [0, 0.05) is 36.3 Å². The summed E-state index contributed by atoms with van der Waals surface area (Å²) in [6.07, 6.45) is 4.07. The van der Waals surface area contributed by atoms with Crippen LogP contribution in [0.5, 0.6) is 11.5 Å². The first-order chi connectivity index (χ1) is 13.0. The van der Waals surface area contributed by atoms with Gasteiger partial charge in [0.1, 0.15) is 22.6 Å². The van der Waals surface area contributed by atoms with Gasteiger partial charge in [0.2, 0.25) is 0 Å². The summed E-state index contributed by atoms with van der Waals surface area (Å²) in [7, 11) is 1.58. The van der Waals surface area contributed by atoms with E-state index in [0.717, 1.165) is 22.8 Å². The number of ether oxygens (including phenoxy) is 1. The Morgan fingerprint density at radius 3 is 2.85 bits per heavy atom. The van der Waals surface area contributed by atoms with E-state index < -0.39 is 0 Å². The second-order valence-electron chi connectivity index (χ2n) is 6.19. The molecule has 1 N–H and O–H groups in total. The van der Waals surface area contributed by atoms with Gasteiger partial charge in [-0.05, 0) is 31.5 Å². The number of carbonyl (C=O) groups is 2. The summed E-state index contributed by atoms with van der Waals surface area (Å²) in [5.74, 6) is 1.48. The molecule has 7 heteroatoms. The molecule has 136 valence electrons. The zero-order valence-corrected chi connectivity index (χ0v) is 15.1. The van der Waals surface area contributed by atoms with Gasteiger partial charge >= 0.3 is 0 Å². The molecule has 4 rings (SSSR count). The molecule has 0 aliphatic rings. The molecule has 4 aromatic rings. The number of amides is 1. The lowest BCUT2D eigenvalue weighted by Gasteiger charge is -2.08. The molecule has 1 amide bonds. The van der Waals surface area contributed by atoms with Crippen LogP contribution in [-0.4, -0.2) is 28.9 Å². The van der Waals surface area contributed by atoms with E-state index in [-0.39, 0.29) is 5.91 Å². The van der Waals surface area contributed by atoms with Gasteiger partial charge in [-0.15, -0.1) is 0 Å². The summed E-state index contributed by atoms with van der Waals surface area (Å²) in [5, 5.41) is 7.57. The maximum atomic E-state index is 12.1. The number of benzene rings is 1. The number of fused-ring (bicyclic) bond motifs is 2. The largest absolute Gasteiger partial charge is 0.460 e. The van der Waals surface area contributed by atoms with Crippen LogP contribution < -0.4 is 10.1 Å². The molecule has 7 nitrogen and oxygen atoms in total. The molecule has 0 atom stereocenters. The summed E-state index contributed by atoms with van der Waals surface area (Å²) in [6, 6.07) is 7.06. The standard InChI is InChI=1S/C20H17N3O4/c1-11-13(10-24)9-23-19(11)16(6-7-22-23)27-14-4-5-15-17(8-14)26-12(2)18(15)20(25)21-3/h4-10H,1-3H3,(H,21,25). The summed E-state index contributed by atoms with van der Waals surface area (Å²) < 4.78 is 13.4. The van der Waals surface area contributed by atoms with Gasteiger partial charge < -0.3 is 14.5 Å². The molecule has 0 fully saturated rings. The number of hydrogen-bond acceptors (Lipinski definition) is 5. The first-order valence-corrected chi connectivity index (χ1v) is 8.38. The molecule has 0 saturated carbocycles. The lowest BCUT2D eigenvalue weighted by molar-refractivity contribution is 0.0962. The summed E-state index contributed by atoms with van der Waals surface area (Å²) in [5.41, 5.74) is 3.16. The highest BCUT2D eigenvalue weighted by molar-refractivity contribution is 6.07. The van der Waals surface area contributed by atoms with E-state index in [4.69, 9.17) is 9.15 Å². The lowest BCUT2D eigenvalue weighted by atomic mass is 10.1. The normalized spacial score (nSPS) is 11.1. The predicted octanol–water partition coefficient (Wildman–Crippen LogP) is 3.66. The van der Waals surface area contributed by atoms with E-state index in [1.165, 1.54) is 0 Å². The van der Waals surface area contributed by atoms with E-state index in [1.807, 2.05) is 6.92 Å². The third-order valence-corrected chi connectivity index (χ3v) is 4.58. The highest BCUT2D eigenvalue weighted by Gasteiger charge is 2.18. The van der Waals surface area contributed by atoms with Gasteiger partial charge in [-0.2, -0.15) is 5.10 Å². The monoisotopic (exact) mass is 363 g/mol. The van der Waals surface area contributed by atoms with Crippen molar-refractivity contribution in [2.24, 2.45) is 0 Å². The van der Waals surface area contributed by atoms with Crippen LogP contribution in [0.25, 0.3) is 16.5 Å². The smallest absolute Gasteiger partial charge is 0.255 e. The third kappa shape index (κ3) is 2.64. The number of furan rings is 1. The van der Waals surface area contributed by atoms with E-state index in [0.29, 0.717) is 34.0 Å². The minimum Gasteiger partial charge on any atom is -0.460 e. The Labute approximate surface area is 154 Å². The molecule has 0 spiro atoms. The molecular weight excluding hydrogens is 346 g/mol. The van der Waals surface area contributed by atoms with Gasteiger partial charge in [-0.1, -0.05) is 0 Å². The highest BCUT2D eigenvalue weighted by atomic mass is 16.5. The topological polar surface area (TPSA) is 85.8 Å². The van der Waals surface area contributed by atoms with Crippen LogP contribution in [-0.2, 0) is 0 Å². The number of aryl methyl sites for hydroxylation is 2. The Kier molecular flexibility index (Phi) is 3.92. The number of nitrogens with one attached hydrogen (secondary N) is 1. The van der Waals surface area contributed by atoms with Gasteiger partial charge in [0.05, 0.1) is 11.8 Å². The molecule has 0 radical (unpaired) electrons. The second kappa shape index (κ2) is 6.28. The minimum absolute atomic E-state index is 0.194. The second-order valence-corrected chi connectivity index (χ2v) is 6.19. The number of aldehydes is 1. The molecule has 3 heterocycles. The summed E-state index contributed by atoms with van der Waals surface area (Å²) >= 11 is 0. The highest BCUT2D eigenvalue weighted by Crippen LogP contribution is 2.33. The first-order valence-electron chi connectivity index (χ1n) is 8.38. The number of aromatic nitrogens is 2. The average Bonchev–Trinajstić information content (AvgIpc) is 3.17. The van der Waals surface area contributed by atoms with Gasteiger partial charge in [0.15, 0.2) is 12.0 Å². The fraction of sp³-hybridized carbons (Fsp3) is 0.150. The van der Waals surface area contributed by atoms with Crippen molar-refractivity contribution in [3.63, 3.8) is 0 Å². The molecule has 27 heavy (non-hydrogen) atoms. The molecule has 0 unspecified atom stereocenters. The first kappa shape index (κ1) is 16.8. The van der Waals surface area contributed by atoms with Crippen LogP contribution in [0.3, 0.4) is 0 Å². The molecule has 1 aromatic carbocycles. The quantitative estimate of drug-likeness (QED) is 0.559.